The molecule has 1 aliphatic carbocycles. The number of hydrogen-bond donors (Lipinski definition) is 0. The fourth-order valence-corrected chi connectivity index (χ4v) is 3.07. The van der Waals surface area contributed by atoms with Crippen molar-refractivity contribution in [1.29, 1.82) is 0 Å². The van der Waals surface area contributed by atoms with Crippen LogP contribution >= 0.6 is 11.6 Å². The van der Waals surface area contributed by atoms with Gasteiger partial charge in [0.25, 0.3) is 0 Å². The van der Waals surface area contributed by atoms with Gasteiger partial charge >= 0.3 is 0 Å². The standard InChI is InChI=1S/C15H24ClN3/c1-12-13(10-16)6-7-14(17-12)19(4)11-15(18(2)3)8-5-9-15/h6-7H,5,8-11H2,1-4H3. The van der Waals surface area contributed by atoms with Gasteiger partial charge in [0.1, 0.15) is 5.82 Å². The van der Waals surface area contributed by atoms with Gasteiger partial charge in [-0.15, -0.1) is 11.6 Å². The molecule has 0 unspecified atom stereocenters. The maximum Gasteiger partial charge on any atom is 0.128 e. The summed E-state index contributed by atoms with van der Waals surface area (Å²) in [5, 5.41) is 0. The van der Waals surface area contributed by atoms with E-state index in [9.17, 15) is 0 Å². The van der Waals surface area contributed by atoms with Gasteiger partial charge in [0.15, 0.2) is 0 Å². The molecule has 0 saturated heterocycles. The Morgan fingerprint density at radius 1 is 1.26 bits per heavy atom. The molecule has 0 aromatic carbocycles. The molecule has 3 nitrogen and oxygen atoms in total. The van der Waals surface area contributed by atoms with Gasteiger partial charge in [0.05, 0.1) is 0 Å². The molecule has 1 heterocycles. The van der Waals surface area contributed by atoms with Crippen LogP contribution in [0.25, 0.3) is 0 Å². The van der Waals surface area contributed by atoms with Crippen LogP contribution in [0.4, 0.5) is 5.82 Å². The largest absolute Gasteiger partial charge is 0.358 e. The number of hydrogen-bond acceptors (Lipinski definition) is 3. The summed E-state index contributed by atoms with van der Waals surface area (Å²) in [6, 6.07) is 4.16. The van der Waals surface area contributed by atoms with Gasteiger partial charge in [-0.2, -0.15) is 0 Å². The number of aryl methyl sites for hydroxylation is 1. The van der Waals surface area contributed by atoms with Crippen LogP contribution < -0.4 is 4.90 Å². The number of likely N-dealkylation sites (N-methyl/N-ethyl adjacent to an activating group) is 2. The Morgan fingerprint density at radius 3 is 2.37 bits per heavy atom. The fourth-order valence-electron chi connectivity index (χ4n) is 2.78. The molecule has 0 atom stereocenters. The number of nitrogens with zero attached hydrogens (tertiary/aromatic N) is 3. The van der Waals surface area contributed by atoms with Crippen molar-refractivity contribution >= 4 is 17.4 Å². The Kier molecular flexibility index (Phi) is 4.36. The maximum absolute atomic E-state index is 5.88. The minimum absolute atomic E-state index is 0.329. The van der Waals surface area contributed by atoms with E-state index in [1.807, 2.05) is 6.92 Å². The molecule has 1 aromatic rings. The maximum atomic E-state index is 5.88. The fraction of sp³-hybridized carbons (Fsp3) is 0.667. The van der Waals surface area contributed by atoms with Crippen molar-refractivity contribution in [3.63, 3.8) is 0 Å². The van der Waals surface area contributed by atoms with Crippen molar-refractivity contribution in [2.75, 3.05) is 32.6 Å². The predicted molar refractivity (Wildman–Crippen MR) is 82.1 cm³/mol. The minimum Gasteiger partial charge on any atom is -0.358 e. The number of anilines is 1. The molecule has 0 radical (unpaired) electrons. The Balaban J connectivity index is 2.11. The zero-order valence-electron chi connectivity index (χ0n) is 12.4. The molecular formula is C15H24ClN3. The van der Waals surface area contributed by atoms with Gasteiger partial charge in [-0.25, -0.2) is 4.98 Å². The molecule has 1 aliphatic rings. The third-order valence-corrected chi connectivity index (χ3v) is 4.77. The molecule has 1 saturated carbocycles. The Morgan fingerprint density at radius 2 is 1.95 bits per heavy atom. The summed E-state index contributed by atoms with van der Waals surface area (Å²) >= 11 is 5.88. The van der Waals surface area contributed by atoms with E-state index in [2.05, 4.69) is 48.1 Å². The van der Waals surface area contributed by atoms with Gasteiger partial charge in [-0.05, 0) is 51.9 Å². The lowest BCUT2D eigenvalue weighted by atomic mass is 9.75. The summed E-state index contributed by atoms with van der Waals surface area (Å²) in [7, 11) is 6.50. The summed E-state index contributed by atoms with van der Waals surface area (Å²) in [5.41, 5.74) is 2.48. The van der Waals surface area contributed by atoms with Crippen LogP contribution in [0.15, 0.2) is 12.1 Å². The van der Waals surface area contributed by atoms with Crippen LogP contribution in [-0.2, 0) is 5.88 Å². The summed E-state index contributed by atoms with van der Waals surface area (Å²) in [5.74, 6) is 1.57. The number of rotatable bonds is 5. The summed E-state index contributed by atoms with van der Waals surface area (Å²) in [6.45, 7) is 3.06. The highest BCUT2D eigenvalue weighted by atomic mass is 35.5. The topological polar surface area (TPSA) is 19.4 Å². The van der Waals surface area contributed by atoms with E-state index in [-0.39, 0.29) is 0 Å². The Labute approximate surface area is 121 Å². The molecule has 0 N–H and O–H groups in total. The van der Waals surface area contributed by atoms with Crippen molar-refractivity contribution in [3.05, 3.63) is 23.4 Å². The second-order valence-corrected chi connectivity index (χ2v) is 6.14. The van der Waals surface area contributed by atoms with E-state index < -0.39 is 0 Å². The van der Waals surface area contributed by atoms with Crippen molar-refractivity contribution in [2.24, 2.45) is 0 Å². The average Bonchev–Trinajstić information content (AvgIpc) is 2.32. The second kappa shape index (κ2) is 5.68. The quantitative estimate of drug-likeness (QED) is 0.774. The van der Waals surface area contributed by atoms with Crippen molar-refractivity contribution < 1.29 is 0 Å². The van der Waals surface area contributed by atoms with E-state index in [0.717, 1.165) is 23.6 Å². The summed E-state index contributed by atoms with van der Waals surface area (Å²) in [6.07, 6.45) is 3.90. The Bertz CT molecular complexity index is 441. The third kappa shape index (κ3) is 2.87. The molecule has 19 heavy (non-hydrogen) atoms. The number of alkyl halides is 1. The zero-order valence-corrected chi connectivity index (χ0v) is 13.2. The van der Waals surface area contributed by atoms with E-state index in [0.29, 0.717) is 11.4 Å². The van der Waals surface area contributed by atoms with Crippen molar-refractivity contribution in [1.82, 2.24) is 9.88 Å². The SMILES string of the molecule is Cc1nc(N(C)CC2(N(C)C)CCC2)ccc1CCl. The van der Waals surface area contributed by atoms with Crippen LogP contribution in [0, 0.1) is 6.92 Å². The molecular weight excluding hydrogens is 258 g/mol. The second-order valence-electron chi connectivity index (χ2n) is 5.88. The number of halogens is 1. The molecule has 4 heteroatoms. The smallest absolute Gasteiger partial charge is 0.128 e. The number of aromatic nitrogens is 1. The molecule has 1 fully saturated rings. The molecule has 0 bridgehead atoms. The predicted octanol–water partition coefficient (Wildman–Crippen LogP) is 3.05. The monoisotopic (exact) mass is 281 g/mol. The normalized spacial score (nSPS) is 17.4. The highest BCUT2D eigenvalue weighted by Crippen LogP contribution is 2.37. The van der Waals surface area contributed by atoms with E-state index in [4.69, 9.17) is 11.6 Å². The molecule has 0 amide bonds. The van der Waals surface area contributed by atoms with Crippen LogP contribution in [0.5, 0.6) is 0 Å². The minimum atomic E-state index is 0.329. The molecule has 2 rings (SSSR count). The highest BCUT2D eigenvalue weighted by Gasteiger charge is 2.40. The summed E-state index contributed by atoms with van der Waals surface area (Å²) < 4.78 is 0. The van der Waals surface area contributed by atoms with Gasteiger partial charge in [0, 0.05) is 30.7 Å². The van der Waals surface area contributed by atoms with Crippen LogP contribution in [0.1, 0.15) is 30.5 Å². The highest BCUT2D eigenvalue weighted by molar-refractivity contribution is 6.17. The average molecular weight is 282 g/mol. The molecule has 0 aliphatic heterocycles. The van der Waals surface area contributed by atoms with Crippen LogP contribution in [0.3, 0.4) is 0 Å². The van der Waals surface area contributed by atoms with E-state index in [1.165, 1.54) is 19.3 Å². The number of pyridine rings is 1. The van der Waals surface area contributed by atoms with E-state index in [1.54, 1.807) is 0 Å². The van der Waals surface area contributed by atoms with Gasteiger partial charge in [-0.1, -0.05) is 6.07 Å². The lowest BCUT2D eigenvalue weighted by Crippen LogP contribution is -2.56. The van der Waals surface area contributed by atoms with Crippen molar-refractivity contribution in [3.8, 4) is 0 Å². The lowest BCUT2D eigenvalue weighted by Gasteiger charge is -2.49. The molecule has 106 valence electrons. The summed E-state index contributed by atoms with van der Waals surface area (Å²) in [4.78, 5) is 9.30. The van der Waals surface area contributed by atoms with Gasteiger partial charge in [-0.3, -0.25) is 0 Å². The van der Waals surface area contributed by atoms with E-state index >= 15 is 0 Å². The first-order chi connectivity index (χ1) is 8.98. The van der Waals surface area contributed by atoms with Gasteiger partial charge in [0.2, 0.25) is 0 Å². The van der Waals surface area contributed by atoms with Gasteiger partial charge < -0.3 is 9.80 Å². The molecule has 0 spiro atoms. The first-order valence-corrected chi connectivity index (χ1v) is 7.43. The first-order valence-electron chi connectivity index (χ1n) is 6.89. The van der Waals surface area contributed by atoms with Crippen LogP contribution in [0.2, 0.25) is 0 Å². The molecule has 1 aromatic heterocycles. The first kappa shape index (κ1) is 14.6. The lowest BCUT2D eigenvalue weighted by molar-refractivity contribution is 0.0682. The van der Waals surface area contributed by atoms with Crippen LogP contribution in [-0.4, -0.2) is 43.1 Å². The Hall–Kier alpha value is -0.800. The zero-order chi connectivity index (χ0) is 14.0. The third-order valence-electron chi connectivity index (χ3n) is 4.48. The van der Waals surface area contributed by atoms with Crippen molar-refractivity contribution in [2.45, 2.75) is 37.6 Å².